The summed E-state index contributed by atoms with van der Waals surface area (Å²) >= 11 is 0. The fourth-order valence-electron chi connectivity index (χ4n) is 4.25. The van der Waals surface area contributed by atoms with Crippen LogP contribution in [0.4, 0.5) is 11.4 Å². The molecule has 1 aliphatic carbocycles. The highest BCUT2D eigenvalue weighted by molar-refractivity contribution is 6.30. The molecule has 0 amide bonds. The molecule has 5 rings (SSSR count). The Bertz CT molecular complexity index is 944. The molecule has 0 spiro atoms. The zero-order chi connectivity index (χ0) is 19.1. The number of fused-ring (bicyclic) bond motifs is 2. The molecule has 2 aromatic carbocycles. The van der Waals surface area contributed by atoms with Gasteiger partial charge in [-0.3, -0.25) is 9.59 Å². The van der Waals surface area contributed by atoms with E-state index in [1.807, 2.05) is 18.2 Å². The van der Waals surface area contributed by atoms with Crippen molar-refractivity contribution < 1.29 is 19.1 Å². The van der Waals surface area contributed by atoms with Gasteiger partial charge in [-0.05, 0) is 12.1 Å². The van der Waals surface area contributed by atoms with Crippen molar-refractivity contribution in [3.8, 4) is 0 Å². The number of nitrogens with zero attached hydrogens (tertiary/aromatic N) is 2. The predicted octanol–water partition coefficient (Wildman–Crippen LogP) is 2.14. The van der Waals surface area contributed by atoms with E-state index in [0.29, 0.717) is 61.8 Å². The Labute approximate surface area is 163 Å². The van der Waals surface area contributed by atoms with Gasteiger partial charge in [0.05, 0.1) is 37.7 Å². The lowest BCUT2D eigenvalue weighted by atomic mass is 9.82. The summed E-state index contributed by atoms with van der Waals surface area (Å²) in [6.07, 6.45) is 0. The van der Waals surface area contributed by atoms with Crippen LogP contribution in [0.3, 0.4) is 0 Å². The third-order valence-corrected chi connectivity index (χ3v) is 5.72. The van der Waals surface area contributed by atoms with Gasteiger partial charge >= 0.3 is 0 Å². The first-order valence-corrected chi connectivity index (χ1v) is 9.76. The first kappa shape index (κ1) is 17.4. The lowest BCUT2D eigenvalue weighted by Crippen LogP contribution is -2.39. The molecule has 6 nitrogen and oxygen atoms in total. The van der Waals surface area contributed by atoms with Gasteiger partial charge in [0.2, 0.25) is 0 Å². The number of anilines is 2. The van der Waals surface area contributed by atoms with E-state index in [2.05, 4.69) is 15.9 Å². The van der Waals surface area contributed by atoms with Crippen LogP contribution in [0.1, 0.15) is 31.8 Å². The summed E-state index contributed by atoms with van der Waals surface area (Å²) in [6, 6.07) is 11.1. The van der Waals surface area contributed by atoms with Crippen LogP contribution in [0.5, 0.6) is 0 Å². The quantitative estimate of drug-likeness (QED) is 0.681. The van der Waals surface area contributed by atoms with Crippen LogP contribution in [0.2, 0.25) is 0 Å². The van der Waals surface area contributed by atoms with Crippen LogP contribution in [-0.4, -0.2) is 64.2 Å². The third kappa shape index (κ3) is 2.80. The molecule has 0 radical (unpaired) electrons. The highest BCUT2D eigenvalue weighted by Crippen LogP contribution is 2.38. The van der Waals surface area contributed by atoms with Crippen LogP contribution in [0.25, 0.3) is 0 Å². The van der Waals surface area contributed by atoms with Crippen LogP contribution in [0, 0.1) is 0 Å². The topological polar surface area (TPSA) is 59.1 Å². The Morgan fingerprint density at radius 3 is 1.89 bits per heavy atom. The van der Waals surface area contributed by atoms with E-state index in [0.717, 1.165) is 24.5 Å². The monoisotopic (exact) mass is 378 g/mol. The maximum absolute atomic E-state index is 13.4. The average Bonchev–Trinajstić information content (AvgIpc) is 2.78. The smallest absolute Gasteiger partial charge is 0.196 e. The van der Waals surface area contributed by atoms with Gasteiger partial charge in [0.1, 0.15) is 0 Å². The number of carbonyl (C=O) groups excluding carboxylic acids is 2. The van der Waals surface area contributed by atoms with E-state index < -0.39 is 0 Å². The number of benzene rings is 2. The van der Waals surface area contributed by atoms with Crippen molar-refractivity contribution in [3.05, 3.63) is 58.7 Å². The number of ether oxygens (including phenoxy) is 2. The standard InChI is InChI=1S/C22H22N2O4/c25-21-16-3-1-2-4-17(16)22(26)20-18(21)13-15(23-5-9-27-10-6-23)14-19(20)24-7-11-28-12-8-24/h1-4,13-14H,5-12H2. The van der Waals surface area contributed by atoms with Crippen LogP contribution in [0.15, 0.2) is 36.4 Å². The molecular formula is C22H22N2O4. The molecule has 0 N–H and O–H groups in total. The van der Waals surface area contributed by atoms with Gasteiger partial charge in [-0.15, -0.1) is 0 Å². The van der Waals surface area contributed by atoms with Gasteiger partial charge in [-0.25, -0.2) is 0 Å². The molecular weight excluding hydrogens is 356 g/mol. The molecule has 2 aliphatic heterocycles. The van der Waals surface area contributed by atoms with Crippen molar-refractivity contribution in [2.24, 2.45) is 0 Å². The van der Waals surface area contributed by atoms with Crippen molar-refractivity contribution in [2.45, 2.75) is 0 Å². The molecule has 0 bridgehead atoms. The minimum atomic E-state index is -0.0742. The minimum absolute atomic E-state index is 0.0692. The summed E-state index contributed by atoms with van der Waals surface area (Å²) in [4.78, 5) is 31.0. The Morgan fingerprint density at radius 2 is 1.25 bits per heavy atom. The van der Waals surface area contributed by atoms with Crippen molar-refractivity contribution in [2.75, 3.05) is 62.4 Å². The van der Waals surface area contributed by atoms with Crippen LogP contribution in [-0.2, 0) is 9.47 Å². The number of ketones is 2. The number of hydrogen-bond donors (Lipinski definition) is 0. The van der Waals surface area contributed by atoms with E-state index in [4.69, 9.17) is 9.47 Å². The van der Waals surface area contributed by atoms with Crippen molar-refractivity contribution in [1.82, 2.24) is 0 Å². The second-order valence-corrected chi connectivity index (χ2v) is 7.29. The van der Waals surface area contributed by atoms with E-state index in [1.54, 1.807) is 12.1 Å². The van der Waals surface area contributed by atoms with Crippen LogP contribution < -0.4 is 9.80 Å². The average molecular weight is 378 g/mol. The summed E-state index contributed by atoms with van der Waals surface area (Å²) in [7, 11) is 0. The maximum atomic E-state index is 13.4. The highest BCUT2D eigenvalue weighted by Gasteiger charge is 2.34. The second-order valence-electron chi connectivity index (χ2n) is 7.29. The molecule has 0 atom stereocenters. The van der Waals surface area contributed by atoms with Crippen molar-refractivity contribution in [3.63, 3.8) is 0 Å². The molecule has 3 aliphatic rings. The summed E-state index contributed by atoms with van der Waals surface area (Å²) in [6.45, 7) is 5.55. The lowest BCUT2D eigenvalue weighted by molar-refractivity contribution is 0.0978. The number of hydrogen-bond acceptors (Lipinski definition) is 6. The molecule has 0 aromatic heterocycles. The van der Waals surface area contributed by atoms with Gasteiger partial charge in [0.25, 0.3) is 0 Å². The molecule has 28 heavy (non-hydrogen) atoms. The Hall–Kier alpha value is -2.70. The molecule has 2 aromatic rings. The normalized spacial score (nSPS) is 19.4. The first-order chi connectivity index (χ1) is 13.7. The predicted molar refractivity (Wildman–Crippen MR) is 106 cm³/mol. The van der Waals surface area contributed by atoms with Crippen LogP contribution >= 0.6 is 0 Å². The van der Waals surface area contributed by atoms with E-state index in [-0.39, 0.29) is 11.6 Å². The lowest BCUT2D eigenvalue weighted by Gasteiger charge is -2.35. The number of rotatable bonds is 2. The fraction of sp³-hybridized carbons (Fsp3) is 0.364. The Morgan fingerprint density at radius 1 is 0.679 bits per heavy atom. The molecule has 2 fully saturated rings. The number of morpholine rings is 2. The summed E-state index contributed by atoms with van der Waals surface area (Å²) in [5, 5.41) is 0. The van der Waals surface area contributed by atoms with Gasteiger partial charge in [-0.1, -0.05) is 24.3 Å². The number of carbonyl (C=O) groups is 2. The second kappa shape index (κ2) is 7.04. The maximum Gasteiger partial charge on any atom is 0.196 e. The zero-order valence-electron chi connectivity index (χ0n) is 15.6. The minimum Gasteiger partial charge on any atom is -0.378 e. The van der Waals surface area contributed by atoms with Crippen molar-refractivity contribution >= 4 is 22.9 Å². The Balaban J connectivity index is 1.68. The molecule has 6 heteroatoms. The largest absolute Gasteiger partial charge is 0.378 e. The van der Waals surface area contributed by atoms with E-state index in [1.165, 1.54) is 0 Å². The fourth-order valence-corrected chi connectivity index (χ4v) is 4.25. The highest BCUT2D eigenvalue weighted by atomic mass is 16.5. The molecule has 2 heterocycles. The molecule has 2 saturated heterocycles. The van der Waals surface area contributed by atoms with Gasteiger partial charge in [0, 0.05) is 48.6 Å². The van der Waals surface area contributed by atoms with Gasteiger partial charge in [0.15, 0.2) is 11.6 Å². The van der Waals surface area contributed by atoms with Crippen molar-refractivity contribution in [1.29, 1.82) is 0 Å². The molecule has 144 valence electrons. The first-order valence-electron chi connectivity index (χ1n) is 9.76. The SMILES string of the molecule is O=C1c2ccccc2C(=O)c2c1cc(N1CCOCC1)cc2N1CCOCC1. The van der Waals surface area contributed by atoms with E-state index in [9.17, 15) is 9.59 Å². The summed E-state index contributed by atoms with van der Waals surface area (Å²) in [5.41, 5.74) is 3.84. The van der Waals surface area contributed by atoms with E-state index >= 15 is 0 Å². The zero-order valence-corrected chi connectivity index (χ0v) is 15.6. The summed E-state index contributed by atoms with van der Waals surface area (Å²) < 4.78 is 11.0. The molecule has 0 unspecified atom stereocenters. The molecule has 0 saturated carbocycles. The summed E-state index contributed by atoms with van der Waals surface area (Å²) in [5.74, 6) is -0.143. The van der Waals surface area contributed by atoms with Gasteiger partial charge in [-0.2, -0.15) is 0 Å². The Kier molecular flexibility index (Phi) is 4.37. The van der Waals surface area contributed by atoms with Gasteiger partial charge < -0.3 is 19.3 Å². The third-order valence-electron chi connectivity index (χ3n) is 5.72.